The molecule has 2 aromatic rings. The Kier molecular flexibility index (Phi) is 4.95. The number of carbonyl (C=O) groups is 1. The SMILES string of the molecule is COC(=O)Nc1ccc(Nc2ccc(Cl)cc2C(F)(F)F)cn1. The summed E-state index contributed by atoms with van der Waals surface area (Å²) < 4.78 is 43.4. The Morgan fingerprint density at radius 2 is 2.00 bits per heavy atom. The minimum Gasteiger partial charge on any atom is -0.453 e. The standard InChI is InChI=1S/C14H11ClF3N3O2/c1-23-13(22)21-12-5-3-9(7-19-12)20-11-4-2-8(15)6-10(11)14(16,17)18/h2-7,20H,1H3,(H,19,21,22). The van der Waals surface area contributed by atoms with E-state index in [2.05, 4.69) is 20.4 Å². The highest BCUT2D eigenvalue weighted by atomic mass is 35.5. The van der Waals surface area contributed by atoms with Gasteiger partial charge in [-0.25, -0.2) is 9.78 Å². The van der Waals surface area contributed by atoms with Gasteiger partial charge in [0, 0.05) is 5.02 Å². The third kappa shape index (κ3) is 4.49. The van der Waals surface area contributed by atoms with Crippen molar-refractivity contribution in [3.8, 4) is 0 Å². The zero-order valence-electron chi connectivity index (χ0n) is 11.7. The lowest BCUT2D eigenvalue weighted by atomic mass is 10.1. The van der Waals surface area contributed by atoms with Crippen LogP contribution in [0.4, 0.5) is 35.2 Å². The molecule has 1 amide bonds. The van der Waals surface area contributed by atoms with Crippen molar-refractivity contribution < 1.29 is 22.7 Å². The Morgan fingerprint density at radius 3 is 2.57 bits per heavy atom. The molecule has 2 rings (SSSR count). The van der Waals surface area contributed by atoms with Crippen molar-refractivity contribution in [3.63, 3.8) is 0 Å². The molecule has 0 unspecified atom stereocenters. The van der Waals surface area contributed by atoms with Crippen LogP contribution in [-0.2, 0) is 10.9 Å². The van der Waals surface area contributed by atoms with E-state index in [9.17, 15) is 18.0 Å². The number of methoxy groups -OCH3 is 1. The number of ether oxygens (including phenoxy) is 1. The Hall–Kier alpha value is -2.48. The molecule has 0 aliphatic rings. The van der Waals surface area contributed by atoms with Crippen molar-refractivity contribution in [3.05, 3.63) is 47.1 Å². The zero-order chi connectivity index (χ0) is 17.0. The summed E-state index contributed by atoms with van der Waals surface area (Å²) in [5.74, 6) is 0.203. The summed E-state index contributed by atoms with van der Waals surface area (Å²) >= 11 is 5.62. The highest BCUT2D eigenvalue weighted by molar-refractivity contribution is 6.30. The number of anilines is 3. The van der Waals surface area contributed by atoms with Crippen LogP contribution in [0.25, 0.3) is 0 Å². The van der Waals surface area contributed by atoms with Crippen LogP contribution in [0.2, 0.25) is 5.02 Å². The van der Waals surface area contributed by atoms with Crippen molar-refractivity contribution in [1.82, 2.24) is 4.98 Å². The lowest BCUT2D eigenvalue weighted by Crippen LogP contribution is -2.12. The fourth-order valence-corrected chi connectivity index (χ4v) is 1.88. The molecule has 0 spiro atoms. The van der Waals surface area contributed by atoms with Crippen molar-refractivity contribution in [2.75, 3.05) is 17.7 Å². The molecular formula is C14H11ClF3N3O2. The molecule has 122 valence electrons. The predicted octanol–water partition coefficient (Wildman–Crippen LogP) is 4.68. The summed E-state index contributed by atoms with van der Waals surface area (Å²) in [6, 6.07) is 6.30. The van der Waals surface area contributed by atoms with Crippen LogP contribution in [0, 0.1) is 0 Å². The van der Waals surface area contributed by atoms with E-state index in [0.717, 1.165) is 6.07 Å². The van der Waals surface area contributed by atoms with Gasteiger partial charge < -0.3 is 10.1 Å². The molecule has 5 nitrogen and oxygen atoms in total. The molecule has 0 bridgehead atoms. The molecule has 23 heavy (non-hydrogen) atoms. The van der Waals surface area contributed by atoms with E-state index in [4.69, 9.17) is 11.6 Å². The van der Waals surface area contributed by atoms with Crippen LogP contribution in [0.1, 0.15) is 5.56 Å². The van der Waals surface area contributed by atoms with E-state index < -0.39 is 17.8 Å². The molecule has 0 saturated carbocycles. The highest BCUT2D eigenvalue weighted by Gasteiger charge is 2.33. The van der Waals surface area contributed by atoms with Gasteiger partial charge in [-0.2, -0.15) is 13.2 Å². The first kappa shape index (κ1) is 16.9. The van der Waals surface area contributed by atoms with Gasteiger partial charge in [-0.3, -0.25) is 5.32 Å². The third-order valence-electron chi connectivity index (χ3n) is 2.75. The number of rotatable bonds is 3. The van der Waals surface area contributed by atoms with Crippen LogP contribution in [0.15, 0.2) is 36.5 Å². The number of amides is 1. The fourth-order valence-electron chi connectivity index (χ4n) is 1.71. The first-order valence-corrected chi connectivity index (χ1v) is 6.62. The van der Waals surface area contributed by atoms with Gasteiger partial charge in [-0.15, -0.1) is 0 Å². The number of nitrogens with zero attached hydrogens (tertiary/aromatic N) is 1. The molecule has 0 aliphatic carbocycles. The maximum absolute atomic E-state index is 13.0. The molecule has 0 saturated heterocycles. The molecule has 0 aliphatic heterocycles. The van der Waals surface area contributed by atoms with Crippen LogP contribution in [0.5, 0.6) is 0 Å². The molecule has 9 heteroatoms. The number of hydrogen-bond acceptors (Lipinski definition) is 4. The van der Waals surface area contributed by atoms with Gasteiger partial charge in [0.05, 0.1) is 30.2 Å². The lowest BCUT2D eigenvalue weighted by molar-refractivity contribution is -0.136. The molecule has 0 atom stereocenters. The van der Waals surface area contributed by atoms with Crippen molar-refractivity contribution in [1.29, 1.82) is 0 Å². The number of benzene rings is 1. The first-order chi connectivity index (χ1) is 10.8. The first-order valence-electron chi connectivity index (χ1n) is 6.24. The largest absolute Gasteiger partial charge is 0.453 e. The maximum atomic E-state index is 13.0. The van der Waals surface area contributed by atoms with Crippen molar-refractivity contribution in [2.24, 2.45) is 0 Å². The van der Waals surface area contributed by atoms with Gasteiger partial charge in [0.2, 0.25) is 0 Å². The summed E-state index contributed by atoms with van der Waals surface area (Å²) in [6.07, 6.45) is -3.97. The predicted molar refractivity (Wildman–Crippen MR) is 80.0 cm³/mol. The average Bonchev–Trinajstić information content (AvgIpc) is 2.50. The normalized spacial score (nSPS) is 11.0. The Bertz CT molecular complexity index is 705. The summed E-state index contributed by atoms with van der Waals surface area (Å²) in [5.41, 5.74) is -0.729. The zero-order valence-corrected chi connectivity index (χ0v) is 12.5. The van der Waals surface area contributed by atoms with Gasteiger partial charge in [0.25, 0.3) is 0 Å². The Balaban J connectivity index is 2.21. The molecule has 1 aromatic carbocycles. The second-order valence-corrected chi connectivity index (χ2v) is 4.80. The van der Waals surface area contributed by atoms with Gasteiger partial charge in [0.1, 0.15) is 5.82 Å². The summed E-state index contributed by atoms with van der Waals surface area (Å²) in [4.78, 5) is 14.9. The van der Waals surface area contributed by atoms with E-state index >= 15 is 0 Å². The molecular weight excluding hydrogens is 335 g/mol. The Morgan fingerprint density at radius 1 is 1.26 bits per heavy atom. The quantitative estimate of drug-likeness (QED) is 0.848. The Labute approximate surface area is 134 Å². The van der Waals surface area contributed by atoms with Crippen molar-refractivity contribution in [2.45, 2.75) is 6.18 Å². The van der Waals surface area contributed by atoms with Gasteiger partial charge in [0.15, 0.2) is 0 Å². The van der Waals surface area contributed by atoms with Crippen LogP contribution < -0.4 is 10.6 Å². The molecule has 1 aromatic heterocycles. The minimum absolute atomic E-state index is 0.0152. The summed E-state index contributed by atoms with van der Waals surface area (Å²) in [5, 5.41) is 4.93. The van der Waals surface area contributed by atoms with Gasteiger partial charge in [-0.05, 0) is 30.3 Å². The molecule has 0 fully saturated rings. The molecule has 2 N–H and O–H groups in total. The average molecular weight is 346 g/mol. The van der Waals surface area contributed by atoms with Crippen LogP contribution in [0.3, 0.4) is 0 Å². The van der Waals surface area contributed by atoms with E-state index in [-0.39, 0.29) is 16.5 Å². The topological polar surface area (TPSA) is 63.2 Å². The van der Waals surface area contributed by atoms with E-state index in [1.807, 2.05) is 0 Å². The molecule has 1 heterocycles. The summed E-state index contributed by atoms with van der Waals surface area (Å²) in [6.45, 7) is 0. The lowest BCUT2D eigenvalue weighted by Gasteiger charge is -2.15. The van der Waals surface area contributed by atoms with E-state index in [0.29, 0.717) is 5.69 Å². The number of hydrogen-bond donors (Lipinski definition) is 2. The minimum atomic E-state index is -4.55. The number of alkyl halides is 3. The second-order valence-electron chi connectivity index (χ2n) is 4.36. The van der Waals surface area contributed by atoms with Gasteiger partial charge >= 0.3 is 12.3 Å². The van der Waals surface area contributed by atoms with Gasteiger partial charge in [-0.1, -0.05) is 11.6 Å². The number of nitrogens with one attached hydrogen (secondary N) is 2. The molecule has 0 radical (unpaired) electrons. The summed E-state index contributed by atoms with van der Waals surface area (Å²) in [7, 11) is 1.20. The van der Waals surface area contributed by atoms with Crippen molar-refractivity contribution >= 4 is 34.9 Å². The maximum Gasteiger partial charge on any atom is 0.418 e. The highest BCUT2D eigenvalue weighted by Crippen LogP contribution is 2.37. The fraction of sp³-hybridized carbons (Fsp3) is 0.143. The number of pyridine rings is 1. The monoisotopic (exact) mass is 345 g/mol. The number of carbonyl (C=O) groups excluding carboxylic acids is 1. The van der Waals surface area contributed by atoms with Crippen LogP contribution in [-0.4, -0.2) is 18.2 Å². The smallest absolute Gasteiger partial charge is 0.418 e. The van der Waals surface area contributed by atoms with Crippen LogP contribution >= 0.6 is 11.6 Å². The second kappa shape index (κ2) is 6.74. The number of aromatic nitrogens is 1. The third-order valence-corrected chi connectivity index (χ3v) is 2.98. The van der Waals surface area contributed by atoms with E-state index in [1.54, 1.807) is 0 Å². The number of halogens is 4. The van der Waals surface area contributed by atoms with E-state index in [1.165, 1.54) is 37.6 Å².